The molecule has 5 nitrogen and oxygen atoms in total. The van der Waals surface area contributed by atoms with Gasteiger partial charge in [-0.1, -0.05) is 12.1 Å². The van der Waals surface area contributed by atoms with Gasteiger partial charge in [0.25, 0.3) is 0 Å². The summed E-state index contributed by atoms with van der Waals surface area (Å²) in [5.41, 5.74) is 6.14. The molecule has 0 aliphatic carbocycles. The SMILES string of the molecule is COC(CN)CC(=O)N(C)Cc1ccc(OC(F)(F)F)cc1.Cl. The Balaban J connectivity index is 0.00000484. The summed E-state index contributed by atoms with van der Waals surface area (Å²) < 4.78 is 45.0. The maximum atomic E-state index is 12.0. The van der Waals surface area contributed by atoms with Gasteiger partial charge in [0.2, 0.25) is 5.91 Å². The van der Waals surface area contributed by atoms with E-state index in [1.54, 1.807) is 7.05 Å². The Bertz CT molecular complexity index is 479. The summed E-state index contributed by atoms with van der Waals surface area (Å²) >= 11 is 0. The highest BCUT2D eigenvalue weighted by molar-refractivity contribution is 5.85. The Morgan fingerprint density at radius 3 is 2.30 bits per heavy atom. The number of halogens is 4. The normalized spacial score (nSPS) is 12.3. The molecule has 0 bridgehead atoms. The van der Waals surface area contributed by atoms with Gasteiger partial charge in [0, 0.05) is 27.2 Å². The van der Waals surface area contributed by atoms with Crippen LogP contribution in [0.25, 0.3) is 0 Å². The molecule has 1 aromatic carbocycles. The van der Waals surface area contributed by atoms with Crippen LogP contribution in [0.3, 0.4) is 0 Å². The Morgan fingerprint density at radius 1 is 1.30 bits per heavy atom. The molecule has 1 rings (SSSR count). The second-order valence-corrected chi connectivity index (χ2v) is 4.74. The first-order valence-electron chi connectivity index (χ1n) is 6.56. The van der Waals surface area contributed by atoms with Gasteiger partial charge in [0.05, 0.1) is 12.5 Å². The molecule has 0 saturated heterocycles. The zero-order valence-corrected chi connectivity index (χ0v) is 13.6. The number of ether oxygens (including phenoxy) is 2. The highest BCUT2D eigenvalue weighted by Crippen LogP contribution is 2.23. The molecule has 0 aliphatic rings. The monoisotopic (exact) mass is 356 g/mol. The van der Waals surface area contributed by atoms with Crippen molar-refractivity contribution in [3.63, 3.8) is 0 Å². The van der Waals surface area contributed by atoms with Gasteiger partial charge in [-0.05, 0) is 17.7 Å². The second-order valence-electron chi connectivity index (χ2n) is 4.74. The summed E-state index contributed by atoms with van der Waals surface area (Å²) in [6.45, 7) is 0.506. The standard InChI is InChI=1S/C14H19F3N2O3.ClH/c1-19(13(20)7-12(8-18)21-2)9-10-3-5-11(6-4-10)22-14(15,16)17;/h3-6,12H,7-9,18H2,1-2H3;1H. The third-order valence-corrected chi connectivity index (χ3v) is 3.00. The number of carbonyl (C=O) groups is 1. The molecule has 0 aromatic heterocycles. The quantitative estimate of drug-likeness (QED) is 0.814. The molecule has 0 aliphatic heterocycles. The van der Waals surface area contributed by atoms with Crippen LogP contribution in [0.1, 0.15) is 12.0 Å². The van der Waals surface area contributed by atoms with Crippen molar-refractivity contribution in [3.05, 3.63) is 29.8 Å². The Labute approximate surface area is 138 Å². The lowest BCUT2D eigenvalue weighted by Crippen LogP contribution is -2.33. The van der Waals surface area contributed by atoms with E-state index >= 15 is 0 Å². The first kappa shape index (κ1) is 21.5. The molecular formula is C14H20ClF3N2O3. The van der Waals surface area contributed by atoms with Gasteiger partial charge < -0.3 is 20.1 Å². The number of amides is 1. The van der Waals surface area contributed by atoms with E-state index in [2.05, 4.69) is 4.74 Å². The van der Waals surface area contributed by atoms with E-state index in [0.29, 0.717) is 5.56 Å². The number of hydrogen-bond acceptors (Lipinski definition) is 4. The van der Waals surface area contributed by atoms with Crippen molar-refractivity contribution in [2.75, 3.05) is 20.7 Å². The number of nitrogens with zero attached hydrogens (tertiary/aromatic N) is 1. The first-order valence-corrected chi connectivity index (χ1v) is 6.56. The van der Waals surface area contributed by atoms with Crippen molar-refractivity contribution in [1.29, 1.82) is 0 Å². The van der Waals surface area contributed by atoms with E-state index in [1.807, 2.05) is 0 Å². The topological polar surface area (TPSA) is 64.8 Å². The van der Waals surface area contributed by atoms with Crippen LogP contribution in [0.4, 0.5) is 13.2 Å². The highest BCUT2D eigenvalue weighted by atomic mass is 35.5. The molecule has 1 aromatic rings. The van der Waals surface area contributed by atoms with Crippen molar-refractivity contribution >= 4 is 18.3 Å². The first-order chi connectivity index (χ1) is 10.2. The lowest BCUT2D eigenvalue weighted by molar-refractivity contribution is -0.274. The fourth-order valence-electron chi connectivity index (χ4n) is 1.77. The fraction of sp³-hybridized carbons (Fsp3) is 0.500. The van der Waals surface area contributed by atoms with E-state index < -0.39 is 6.36 Å². The second kappa shape index (κ2) is 9.59. The lowest BCUT2D eigenvalue weighted by Gasteiger charge is -2.20. The van der Waals surface area contributed by atoms with Gasteiger partial charge in [-0.2, -0.15) is 0 Å². The number of nitrogens with two attached hydrogens (primary N) is 1. The van der Waals surface area contributed by atoms with E-state index in [9.17, 15) is 18.0 Å². The van der Waals surface area contributed by atoms with Gasteiger partial charge >= 0.3 is 6.36 Å². The molecule has 9 heteroatoms. The van der Waals surface area contributed by atoms with Crippen LogP contribution >= 0.6 is 12.4 Å². The molecule has 132 valence electrons. The number of carbonyl (C=O) groups excluding carboxylic acids is 1. The van der Waals surface area contributed by atoms with Crippen molar-refractivity contribution < 1.29 is 27.4 Å². The number of methoxy groups -OCH3 is 1. The molecule has 1 unspecified atom stereocenters. The molecule has 0 heterocycles. The Kier molecular flexibility index (Phi) is 8.96. The lowest BCUT2D eigenvalue weighted by atomic mass is 10.2. The van der Waals surface area contributed by atoms with Crippen molar-refractivity contribution in [3.8, 4) is 5.75 Å². The minimum Gasteiger partial charge on any atom is -0.406 e. The van der Waals surface area contributed by atoms with E-state index in [1.165, 1.54) is 36.3 Å². The number of rotatable bonds is 7. The predicted octanol–water partition coefficient (Wildman–Crippen LogP) is 2.33. The maximum Gasteiger partial charge on any atom is 0.573 e. The van der Waals surface area contributed by atoms with Crippen molar-refractivity contribution in [1.82, 2.24) is 4.90 Å². The molecule has 1 amide bonds. The van der Waals surface area contributed by atoms with Gasteiger partial charge in [0.1, 0.15) is 5.75 Å². The zero-order valence-electron chi connectivity index (χ0n) is 12.8. The molecule has 1 atom stereocenters. The van der Waals surface area contributed by atoms with Gasteiger partial charge in [-0.3, -0.25) is 4.79 Å². The van der Waals surface area contributed by atoms with Crippen LogP contribution < -0.4 is 10.5 Å². The van der Waals surface area contributed by atoms with Crippen LogP contribution in [0.15, 0.2) is 24.3 Å². The summed E-state index contributed by atoms with van der Waals surface area (Å²) in [4.78, 5) is 13.4. The maximum absolute atomic E-state index is 12.0. The van der Waals surface area contributed by atoms with Crippen LogP contribution in [0.5, 0.6) is 5.75 Å². The predicted molar refractivity (Wildman–Crippen MR) is 81.3 cm³/mol. The largest absolute Gasteiger partial charge is 0.573 e. The number of benzene rings is 1. The molecule has 0 radical (unpaired) electrons. The summed E-state index contributed by atoms with van der Waals surface area (Å²) in [5, 5.41) is 0. The zero-order chi connectivity index (χ0) is 16.8. The molecule has 0 saturated carbocycles. The van der Waals surface area contributed by atoms with Crippen LogP contribution in [0, 0.1) is 0 Å². The average molecular weight is 357 g/mol. The Morgan fingerprint density at radius 2 is 1.87 bits per heavy atom. The molecule has 2 N–H and O–H groups in total. The van der Waals surface area contributed by atoms with E-state index in [-0.39, 0.29) is 49.7 Å². The summed E-state index contributed by atoms with van der Waals surface area (Å²) in [6.07, 6.45) is -4.91. The van der Waals surface area contributed by atoms with Gasteiger partial charge in [-0.25, -0.2) is 0 Å². The average Bonchev–Trinajstić information content (AvgIpc) is 2.45. The summed E-state index contributed by atoms with van der Waals surface area (Å²) in [5.74, 6) is -0.458. The highest BCUT2D eigenvalue weighted by Gasteiger charge is 2.30. The van der Waals surface area contributed by atoms with Crippen molar-refractivity contribution in [2.24, 2.45) is 5.73 Å². The minimum absolute atomic E-state index is 0. The third-order valence-electron chi connectivity index (χ3n) is 3.00. The minimum atomic E-state index is -4.72. The van der Waals surface area contributed by atoms with E-state index in [0.717, 1.165) is 0 Å². The number of alkyl halides is 3. The fourth-order valence-corrected chi connectivity index (χ4v) is 1.77. The smallest absolute Gasteiger partial charge is 0.406 e. The molecule has 0 spiro atoms. The van der Waals surface area contributed by atoms with Crippen LogP contribution in [0.2, 0.25) is 0 Å². The van der Waals surface area contributed by atoms with Gasteiger partial charge in [-0.15, -0.1) is 25.6 Å². The molecule has 0 fully saturated rings. The van der Waals surface area contributed by atoms with Crippen molar-refractivity contribution in [2.45, 2.75) is 25.4 Å². The van der Waals surface area contributed by atoms with Gasteiger partial charge in [0.15, 0.2) is 0 Å². The molecular weight excluding hydrogens is 337 g/mol. The molecule has 23 heavy (non-hydrogen) atoms. The number of hydrogen-bond donors (Lipinski definition) is 1. The van der Waals surface area contributed by atoms with E-state index in [4.69, 9.17) is 10.5 Å². The van der Waals surface area contributed by atoms with Crippen LogP contribution in [-0.2, 0) is 16.1 Å². The summed E-state index contributed by atoms with van der Waals surface area (Å²) in [6, 6.07) is 5.36. The Hall–Kier alpha value is -1.51. The summed E-state index contributed by atoms with van der Waals surface area (Å²) in [7, 11) is 3.08. The van der Waals surface area contributed by atoms with Crippen LogP contribution in [-0.4, -0.2) is 44.0 Å². The third kappa shape index (κ3) is 8.06.